The zero-order chi connectivity index (χ0) is 17.0. The Bertz CT molecular complexity index is 718. The number of anilines is 2. The molecular formula is C20H24N2O2. The number of benzene rings is 1. The van der Waals surface area contributed by atoms with Crippen molar-refractivity contribution in [1.29, 1.82) is 0 Å². The molecule has 1 aromatic carbocycles. The van der Waals surface area contributed by atoms with Crippen LogP contribution >= 0.6 is 0 Å². The van der Waals surface area contributed by atoms with Crippen molar-refractivity contribution in [3.63, 3.8) is 0 Å². The molecule has 4 heteroatoms. The summed E-state index contributed by atoms with van der Waals surface area (Å²) in [4.78, 5) is 29.5. The zero-order valence-electron chi connectivity index (χ0n) is 14.5. The highest BCUT2D eigenvalue weighted by Crippen LogP contribution is 2.55. The lowest BCUT2D eigenvalue weighted by molar-refractivity contribution is -0.123. The Kier molecular flexibility index (Phi) is 3.52. The number of rotatable bonds is 4. The molecule has 1 aromatic rings. The summed E-state index contributed by atoms with van der Waals surface area (Å²) in [6.45, 7) is 8.22. The molecule has 1 aliphatic heterocycles. The fourth-order valence-corrected chi connectivity index (χ4v) is 4.93. The summed E-state index contributed by atoms with van der Waals surface area (Å²) in [6, 6.07) is 7.84. The number of imide groups is 1. The van der Waals surface area contributed by atoms with E-state index in [4.69, 9.17) is 0 Å². The van der Waals surface area contributed by atoms with Crippen molar-refractivity contribution in [3.05, 3.63) is 35.9 Å². The lowest BCUT2D eigenvalue weighted by Gasteiger charge is -2.23. The topological polar surface area (TPSA) is 40.6 Å². The third-order valence-electron chi connectivity index (χ3n) is 6.12. The van der Waals surface area contributed by atoms with Gasteiger partial charge in [-0.3, -0.25) is 14.5 Å². The van der Waals surface area contributed by atoms with Crippen LogP contribution in [0.15, 0.2) is 35.9 Å². The van der Waals surface area contributed by atoms with Crippen LogP contribution in [0.25, 0.3) is 0 Å². The Morgan fingerprint density at radius 3 is 2.29 bits per heavy atom. The predicted octanol–water partition coefficient (Wildman–Crippen LogP) is 3.23. The molecule has 4 rings (SSSR count). The highest BCUT2D eigenvalue weighted by molar-refractivity contribution is 6.22. The molecule has 0 N–H and O–H groups in total. The first-order valence-electron chi connectivity index (χ1n) is 8.98. The van der Waals surface area contributed by atoms with Crippen LogP contribution in [0.3, 0.4) is 0 Å². The van der Waals surface area contributed by atoms with Gasteiger partial charge in [-0.15, -0.1) is 0 Å². The maximum absolute atomic E-state index is 12.9. The maximum Gasteiger partial charge on any atom is 0.238 e. The quantitative estimate of drug-likeness (QED) is 0.631. The second kappa shape index (κ2) is 5.47. The van der Waals surface area contributed by atoms with E-state index in [0.29, 0.717) is 5.69 Å². The first kappa shape index (κ1) is 15.4. The molecule has 2 amide bonds. The van der Waals surface area contributed by atoms with Crippen molar-refractivity contribution >= 4 is 23.2 Å². The van der Waals surface area contributed by atoms with Crippen LogP contribution in [-0.2, 0) is 9.59 Å². The Labute approximate surface area is 143 Å². The summed E-state index contributed by atoms with van der Waals surface area (Å²) in [6.07, 6.45) is 3.19. The standard InChI is InChI=1S/C20H24N2O2/c1-4-21(5-2)14-6-8-15(9-7-14)22-19(23)17-13-10-12(3)16(11-13)18(17)20(22)24/h6-10,13,16-18H,4-5,11H2,1-3H3. The fourth-order valence-electron chi connectivity index (χ4n) is 4.93. The van der Waals surface area contributed by atoms with Gasteiger partial charge >= 0.3 is 0 Å². The monoisotopic (exact) mass is 324 g/mol. The Morgan fingerprint density at radius 1 is 1.04 bits per heavy atom. The largest absolute Gasteiger partial charge is 0.372 e. The molecule has 1 heterocycles. The first-order chi connectivity index (χ1) is 11.6. The smallest absolute Gasteiger partial charge is 0.238 e. The van der Waals surface area contributed by atoms with E-state index in [1.807, 2.05) is 24.3 Å². The predicted molar refractivity (Wildman–Crippen MR) is 94.8 cm³/mol. The molecule has 3 aliphatic rings. The zero-order valence-corrected chi connectivity index (χ0v) is 14.5. The first-order valence-corrected chi connectivity index (χ1v) is 8.98. The summed E-state index contributed by atoms with van der Waals surface area (Å²) in [5.74, 6) is 0.272. The number of carbonyl (C=O) groups is 2. The van der Waals surface area contributed by atoms with Crippen molar-refractivity contribution < 1.29 is 9.59 Å². The van der Waals surface area contributed by atoms with Gasteiger partial charge in [0.15, 0.2) is 0 Å². The van der Waals surface area contributed by atoms with Gasteiger partial charge in [0.1, 0.15) is 0 Å². The van der Waals surface area contributed by atoms with E-state index in [1.54, 1.807) is 0 Å². The highest BCUT2D eigenvalue weighted by atomic mass is 16.2. The average Bonchev–Trinajstić information content (AvgIpc) is 3.21. The van der Waals surface area contributed by atoms with Crippen LogP contribution in [-0.4, -0.2) is 24.9 Å². The molecule has 24 heavy (non-hydrogen) atoms. The number of hydrogen-bond donors (Lipinski definition) is 0. The molecule has 0 spiro atoms. The summed E-state index contributed by atoms with van der Waals surface area (Å²) in [7, 11) is 0. The van der Waals surface area contributed by atoms with E-state index in [9.17, 15) is 9.59 Å². The van der Waals surface area contributed by atoms with Gasteiger partial charge in [0.05, 0.1) is 17.5 Å². The third kappa shape index (κ3) is 1.98. The second-order valence-corrected chi connectivity index (χ2v) is 7.17. The Morgan fingerprint density at radius 2 is 1.67 bits per heavy atom. The average molecular weight is 324 g/mol. The molecule has 2 bridgehead atoms. The number of amides is 2. The summed E-state index contributed by atoms with van der Waals surface area (Å²) < 4.78 is 0. The minimum atomic E-state index is -0.131. The van der Waals surface area contributed by atoms with Gasteiger partial charge in [-0.25, -0.2) is 0 Å². The summed E-state index contributed by atoms with van der Waals surface area (Å²) >= 11 is 0. The number of hydrogen-bond acceptors (Lipinski definition) is 3. The SMILES string of the molecule is CCN(CC)c1ccc(N2C(=O)C3C4C=C(C)C(C4)C3C2=O)cc1. The van der Waals surface area contributed by atoms with Gasteiger partial charge in [-0.05, 0) is 63.3 Å². The second-order valence-electron chi connectivity index (χ2n) is 7.17. The van der Waals surface area contributed by atoms with Gasteiger partial charge in [-0.1, -0.05) is 11.6 Å². The van der Waals surface area contributed by atoms with Crippen LogP contribution < -0.4 is 9.80 Å². The lowest BCUT2D eigenvalue weighted by Crippen LogP contribution is -2.33. The van der Waals surface area contributed by atoms with Gasteiger partial charge in [0.2, 0.25) is 11.8 Å². The molecule has 2 aliphatic carbocycles. The molecular weight excluding hydrogens is 300 g/mol. The number of fused-ring (bicyclic) bond motifs is 5. The van der Waals surface area contributed by atoms with Crippen LogP contribution in [0.1, 0.15) is 27.2 Å². The lowest BCUT2D eigenvalue weighted by atomic mass is 9.82. The number of nitrogens with zero attached hydrogens (tertiary/aromatic N) is 2. The summed E-state index contributed by atoms with van der Waals surface area (Å²) in [5, 5.41) is 0. The van der Waals surface area contributed by atoms with E-state index in [2.05, 4.69) is 31.7 Å². The minimum absolute atomic E-state index is 0.000499. The molecule has 1 saturated heterocycles. The molecule has 4 atom stereocenters. The molecule has 4 unspecified atom stereocenters. The number of carbonyl (C=O) groups excluding carboxylic acids is 2. The van der Waals surface area contributed by atoms with E-state index in [1.165, 1.54) is 10.5 Å². The third-order valence-corrected chi connectivity index (χ3v) is 6.12. The Balaban J connectivity index is 1.62. The van der Waals surface area contributed by atoms with Crippen LogP contribution in [0.5, 0.6) is 0 Å². The van der Waals surface area contributed by atoms with Crippen molar-refractivity contribution in [2.75, 3.05) is 22.9 Å². The normalized spacial score (nSPS) is 30.8. The van der Waals surface area contributed by atoms with E-state index < -0.39 is 0 Å². The molecule has 126 valence electrons. The molecule has 0 radical (unpaired) electrons. The molecule has 1 saturated carbocycles. The van der Waals surface area contributed by atoms with Crippen LogP contribution in [0, 0.1) is 23.7 Å². The molecule has 4 nitrogen and oxygen atoms in total. The van der Waals surface area contributed by atoms with Gasteiger partial charge in [-0.2, -0.15) is 0 Å². The number of allylic oxidation sites excluding steroid dienone is 2. The van der Waals surface area contributed by atoms with Crippen LogP contribution in [0.2, 0.25) is 0 Å². The molecule has 2 fully saturated rings. The van der Waals surface area contributed by atoms with Crippen LogP contribution in [0.4, 0.5) is 11.4 Å². The highest BCUT2D eigenvalue weighted by Gasteiger charge is 2.60. The van der Waals surface area contributed by atoms with E-state index in [-0.39, 0.29) is 35.5 Å². The minimum Gasteiger partial charge on any atom is -0.372 e. The summed E-state index contributed by atoms with van der Waals surface area (Å²) in [5.41, 5.74) is 3.13. The maximum atomic E-state index is 12.9. The Hall–Kier alpha value is -2.10. The van der Waals surface area contributed by atoms with Crippen molar-refractivity contribution in [1.82, 2.24) is 0 Å². The van der Waals surface area contributed by atoms with Gasteiger partial charge < -0.3 is 4.90 Å². The van der Waals surface area contributed by atoms with Gasteiger partial charge in [0.25, 0.3) is 0 Å². The fraction of sp³-hybridized carbons (Fsp3) is 0.500. The van der Waals surface area contributed by atoms with Crippen molar-refractivity contribution in [3.8, 4) is 0 Å². The van der Waals surface area contributed by atoms with E-state index in [0.717, 1.165) is 25.2 Å². The molecule has 0 aromatic heterocycles. The van der Waals surface area contributed by atoms with Crippen molar-refractivity contribution in [2.45, 2.75) is 27.2 Å². The van der Waals surface area contributed by atoms with Crippen molar-refractivity contribution in [2.24, 2.45) is 23.7 Å². The van der Waals surface area contributed by atoms with E-state index >= 15 is 0 Å². The van der Waals surface area contributed by atoms with Gasteiger partial charge in [0, 0.05) is 18.8 Å².